The summed E-state index contributed by atoms with van der Waals surface area (Å²) in [6.45, 7) is 5.18. The summed E-state index contributed by atoms with van der Waals surface area (Å²) in [6, 6.07) is 9.66. The molecule has 0 aliphatic rings. The molecule has 8 nitrogen and oxygen atoms in total. The number of nitro benzene ring substituents is 1. The SMILES string of the molecule is Cc1cccc(C)c1NC(=O)[C@@H](C)OC(=O)c1ccc(N(C)C)c([N+](=O)[O-])c1. The lowest BCUT2D eigenvalue weighted by molar-refractivity contribution is -0.384. The van der Waals surface area contributed by atoms with Crippen LogP contribution < -0.4 is 10.2 Å². The van der Waals surface area contributed by atoms with Crippen molar-refractivity contribution in [2.75, 3.05) is 24.3 Å². The molecule has 0 aromatic heterocycles. The molecule has 2 rings (SSSR count). The largest absolute Gasteiger partial charge is 0.449 e. The van der Waals surface area contributed by atoms with Gasteiger partial charge in [-0.1, -0.05) is 18.2 Å². The topological polar surface area (TPSA) is 102 Å². The van der Waals surface area contributed by atoms with Gasteiger partial charge in [0.2, 0.25) is 0 Å². The first kappa shape index (κ1) is 20.9. The average molecular weight is 385 g/mol. The highest BCUT2D eigenvalue weighted by Crippen LogP contribution is 2.28. The summed E-state index contributed by atoms with van der Waals surface area (Å²) in [4.78, 5) is 37.0. The van der Waals surface area contributed by atoms with Gasteiger partial charge in [0.15, 0.2) is 6.10 Å². The summed E-state index contributed by atoms with van der Waals surface area (Å²) in [5, 5.41) is 14.0. The highest BCUT2D eigenvalue weighted by molar-refractivity contribution is 5.98. The highest BCUT2D eigenvalue weighted by atomic mass is 16.6. The normalized spacial score (nSPS) is 11.5. The van der Waals surface area contributed by atoms with E-state index in [0.717, 1.165) is 17.2 Å². The lowest BCUT2D eigenvalue weighted by Gasteiger charge is -2.17. The smallest absolute Gasteiger partial charge is 0.339 e. The Kier molecular flexibility index (Phi) is 6.35. The molecule has 0 heterocycles. The van der Waals surface area contributed by atoms with Gasteiger partial charge < -0.3 is 15.0 Å². The van der Waals surface area contributed by atoms with Gasteiger partial charge in [0.05, 0.1) is 10.5 Å². The second kappa shape index (κ2) is 8.51. The quantitative estimate of drug-likeness (QED) is 0.464. The summed E-state index contributed by atoms with van der Waals surface area (Å²) < 4.78 is 5.20. The van der Waals surface area contributed by atoms with Crippen molar-refractivity contribution in [2.24, 2.45) is 0 Å². The highest BCUT2D eigenvalue weighted by Gasteiger charge is 2.23. The standard InChI is InChI=1S/C20H23N3O5/c1-12-7-6-8-13(2)18(12)21-19(24)14(3)28-20(25)15-9-10-16(22(4)5)17(11-15)23(26)27/h6-11,14H,1-5H3,(H,21,24)/t14-/m1/s1. The fraction of sp³-hybridized carbons (Fsp3) is 0.300. The van der Waals surface area contributed by atoms with E-state index in [-0.39, 0.29) is 11.3 Å². The molecule has 0 saturated carbocycles. The Balaban J connectivity index is 2.14. The van der Waals surface area contributed by atoms with E-state index in [1.165, 1.54) is 19.1 Å². The summed E-state index contributed by atoms with van der Waals surface area (Å²) in [7, 11) is 3.33. The summed E-state index contributed by atoms with van der Waals surface area (Å²) >= 11 is 0. The van der Waals surface area contributed by atoms with E-state index in [9.17, 15) is 19.7 Å². The van der Waals surface area contributed by atoms with Gasteiger partial charge in [-0.05, 0) is 44.0 Å². The van der Waals surface area contributed by atoms with Crippen molar-refractivity contribution in [3.8, 4) is 0 Å². The zero-order chi connectivity index (χ0) is 21.0. The Morgan fingerprint density at radius 2 is 1.75 bits per heavy atom. The van der Waals surface area contributed by atoms with E-state index in [0.29, 0.717) is 11.4 Å². The second-order valence-corrected chi connectivity index (χ2v) is 6.66. The summed E-state index contributed by atoms with van der Waals surface area (Å²) in [5.74, 6) is -1.29. The first-order chi connectivity index (χ1) is 13.1. The Hall–Kier alpha value is -3.42. The minimum absolute atomic E-state index is 0.00372. The Bertz CT molecular complexity index is 904. The number of carbonyl (C=O) groups excluding carboxylic acids is 2. The molecule has 0 spiro atoms. The molecule has 8 heteroatoms. The number of esters is 1. The van der Waals surface area contributed by atoms with Crippen molar-refractivity contribution in [3.05, 3.63) is 63.2 Å². The van der Waals surface area contributed by atoms with Crippen molar-refractivity contribution in [1.29, 1.82) is 0 Å². The third kappa shape index (κ3) is 4.64. The van der Waals surface area contributed by atoms with E-state index >= 15 is 0 Å². The third-order valence-corrected chi connectivity index (χ3v) is 4.27. The monoisotopic (exact) mass is 385 g/mol. The first-order valence-corrected chi connectivity index (χ1v) is 8.65. The van der Waals surface area contributed by atoms with Crippen LogP contribution in [0.4, 0.5) is 17.1 Å². The maximum absolute atomic E-state index is 12.4. The van der Waals surface area contributed by atoms with Crippen LogP contribution in [0.1, 0.15) is 28.4 Å². The van der Waals surface area contributed by atoms with E-state index < -0.39 is 22.9 Å². The van der Waals surface area contributed by atoms with Crippen molar-refractivity contribution in [1.82, 2.24) is 0 Å². The maximum atomic E-state index is 12.4. The van der Waals surface area contributed by atoms with Gasteiger partial charge in [0.1, 0.15) is 5.69 Å². The van der Waals surface area contributed by atoms with Crippen LogP contribution in [0.25, 0.3) is 0 Å². The molecule has 28 heavy (non-hydrogen) atoms. The van der Waals surface area contributed by atoms with E-state index in [1.54, 1.807) is 19.0 Å². The van der Waals surface area contributed by atoms with Crippen LogP contribution in [-0.2, 0) is 9.53 Å². The van der Waals surface area contributed by atoms with Crippen molar-refractivity contribution >= 4 is 28.9 Å². The van der Waals surface area contributed by atoms with Crippen LogP contribution in [0.15, 0.2) is 36.4 Å². The Morgan fingerprint density at radius 3 is 2.29 bits per heavy atom. The van der Waals surface area contributed by atoms with Crippen LogP contribution in [0.5, 0.6) is 0 Å². The van der Waals surface area contributed by atoms with Gasteiger partial charge in [-0.25, -0.2) is 4.79 Å². The molecule has 1 N–H and O–H groups in total. The van der Waals surface area contributed by atoms with Crippen molar-refractivity contribution in [2.45, 2.75) is 26.9 Å². The van der Waals surface area contributed by atoms with Crippen molar-refractivity contribution < 1.29 is 19.2 Å². The van der Waals surface area contributed by atoms with Gasteiger partial charge in [0.25, 0.3) is 11.6 Å². The Labute approximate surface area is 163 Å². The van der Waals surface area contributed by atoms with E-state index in [1.807, 2.05) is 32.0 Å². The Morgan fingerprint density at radius 1 is 1.14 bits per heavy atom. The number of hydrogen-bond acceptors (Lipinski definition) is 6. The van der Waals surface area contributed by atoms with Crippen LogP contribution in [0.2, 0.25) is 0 Å². The number of para-hydroxylation sites is 1. The number of carbonyl (C=O) groups is 2. The number of anilines is 2. The zero-order valence-electron chi connectivity index (χ0n) is 16.5. The zero-order valence-corrected chi connectivity index (χ0v) is 16.5. The minimum atomic E-state index is -1.07. The predicted octanol–water partition coefficient (Wildman–Crippen LogP) is 3.46. The number of aryl methyl sites for hydroxylation is 2. The molecule has 1 atom stereocenters. The number of nitro groups is 1. The fourth-order valence-electron chi connectivity index (χ4n) is 2.69. The van der Waals surface area contributed by atoms with Gasteiger partial charge in [-0.3, -0.25) is 14.9 Å². The number of nitrogens with zero attached hydrogens (tertiary/aromatic N) is 2. The minimum Gasteiger partial charge on any atom is -0.449 e. The lowest BCUT2D eigenvalue weighted by atomic mass is 10.1. The van der Waals surface area contributed by atoms with E-state index in [2.05, 4.69) is 5.32 Å². The molecule has 2 aromatic rings. The molecule has 0 bridgehead atoms. The number of ether oxygens (including phenoxy) is 1. The molecule has 148 valence electrons. The van der Waals surface area contributed by atoms with Gasteiger partial charge >= 0.3 is 5.97 Å². The molecule has 0 saturated heterocycles. The number of rotatable bonds is 6. The molecular formula is C20H23N3O5. The van der Waals surface area contributed by atoms with Crippen molar-refractivity contribution in [3.63, 3.8) is 0 Å². The number of nitrogens with one attached hydrogen (secondary N) is 1. The predicted molar refractivity (Wildman–Crippen MR) is 107 cm³/mol. The molecule has 1 amide bonds. The van der Waals surface area contributed by atoms with Gasteiger partial charge in [0, 0.05) is 25.8 Å². The van der Waals surface area contributed by atoms with Gasteiger partial charge in [-0.15, -0.1) is 0 Å². The third-order valence-electron chi connectivity index (χ3n) is 4.27. The number of amides is 1. The fourth-order valence-corrected chi connectivity index (χ4v) is 2.69. The number of hydrogen-bond donors (Lipinski definition) is 1. The molecular weight excluding hydrogens is 362 g/mol. The van der Waals surface area contributed by atoms with Crippen LogP contribution in [0.3, 0.4) is 0 Å². The van der Waals surface area contributed by atoms with Crippen LogP contribution >= 0.6 is 0 Å². The molecule has 0 aliphatic carbocycles. The molecule has 0 aliphatic heterocycles. The van der Waals surface area contributed by atoms with Gasteiger partial charge in [-0.2, -0.15) is 0 Å². The second-order valence-electron chi connectivity index (χ2n) is 6.66. The first-order valence-electron chi connectivity index (χ1n) is 8.65. The molecule has 0 unspecified atom stereocenters. The van der Waals surface area contributed by atoms with Crippen LogP contribution in [0, 0.1) is 24.0 Å². The lowest BCUT2D eigenvalue weighted by Crippen LogP contribution is -2.30. The average Bonchev–Trinajstić information content (AvgIpc) is 2.63. The summed E-state index contributed by atoms with van der Waals surface area (Å²) in [6.07, 6.45) is -1.07. The summed E-state index contributed by atoms with van der Waals surface area (Å²) in [5.41, 5.74) is 2.60. The molecule has 0 radical (unpaired) electrons. The van der Waals surface area contributed by atoms with E-state index in [4.69, 9.17) is 4.74 Å². The molecule has 0 fully saturated rings. The number of benzene rings is 2. The molecule has 2 aromatic carbocycles. The van der Waals surface area contributed by atoms with Crippen LogP contribution in [-0.4, -0.2) is 37.0 Å². The maximum Gasteiger partial charge on any atom is 0.339 e.